The van der Waals surface area contributed by atoms with Crippen molar-refractivity contribution < 1.29 is 4.79 Å². The lowest BCUT2D eigenvalue weighted by atomic mass is 9.61. The average Bonchev–Trinajstić information content (AvgIpc) is 1.91. The van der Waals surface area contributed by atoms with Crippen LogP contribution in [0.5, 0.6) is 0 Å². The third kappa shape index (κ3) is 1.80. The van der Waals surface area contributed by atoms with Crippen LogP contribution in [0.2, 0.25) is 0 Å². The van der Waals surface area contributed by atoms with E-state index in [9.17, 15) is 4.79 Å². The zero-order chi connectivity index (χ0) is 9.26. The number of ketones is 1. The van der Waals surface area contributed by atoms with Crippen LogP contribution in [0.1, 0.15) is 32.1 Å². The summed E-state index contributed by atoms with van der Waals surface area (Å²) in [4.78, 5) is 11.3. The molecule has 0 heterocycles. The SMILES string of the molecule is O=C(C=CCl)C1CC(C2CCC2)C1. The third-order valence-corrected chi connectivity index (χ3v) is 3.75. The molecular formula is C11H15ClO. The maximum atomic E-state index is 11.3. The highest BCUT2D eigenvalue weighted by Gasteiger charge is 2.39. The molecule has 0 spiro atoms. The Kier molecular flexibility index (Phi) is 2.73. The highest BCUT2D eigenvalue weighted by molar-refractivity contribution is 6.26. The van der Waals surface area contributed by atoms with Gasteiger partial charge in [0.1, 0.15) is 0 Å². The molecule has 2 fully saturated rings. The Bertz CT molecular complexity index is 224. The molecule has 2 saturated carbocycles. The molecule has 0 atom stereocenters. The van der Waals surface area contributed by atoms with E-state index in [1.807, 2.05) is 0 Å². The number of hydrogen-bond donors (Lipinski definition) is 0. The van der Waals surface area contributed by atoms with Gasteiger partial charge >= 0.3 is 0 Å². The summed E-state index contributed by atoms with van der Waals surface area (Å²) in [6.45, 7) is 0. The summed E-state index contributed by atoms with van der Waals surface area (Å²) in [5.74, 6) is 2.32. The summed E-state index contributed by atoms with van der Waals surface area (Å²) < 4.78 is 0. The first kappa shape index (κ1) is 9.26. The van der Waals surface area contributed by atoms with Gasteiger partial charge in [-0.1, -0.05) is 30.9 Å². The molecule has 0 aromatic rings. The van der Waals surface area contributed by atoms with Crippen LogP contribution in [0.15, 0.2) is 11.6 Å². The first-order chi connectivity index (χ1) is 6.31. The fourth-order valence-electron chi connectivity index (χ4n) is 2.39. The second kappa shape index (κ2) is 3.83. The van der Waals surface area contributed by atoms with E-state index in [2.05, 4.69) is 0 Å². The monoisotopic (exact) mass is 198 g/mol. The fraction of sp³-hybridized carbons (Fsp3) is 0.727. The van der Waals surface area contributed by atoms with Crippen LogP contribution in [-0.2, 0) is 4.79 Å². The first-order valence-electron chi connectivity index (χ1n) is 5.12. The zero-order valence-electron chi connectivity index (χ0n) is 7.71. The molecule has 0 unspecified atom stereocenters. The van der Waals surface area contributed by atoms with Gasteiger partial charge in [0.2, 0.25) is 0 Å². The number of hydrogen-bond acceptors (Lipinski definition) is 1. The molecule has 1 nitrogen and oxygen atoms in total. The normalized spacial score (nSPS) is 34.2. The summed E-state index contributed by atoms with van der Waals surface area (Å²) in [6.07, 6.45) is 7.94. The molecule has 0 aromatic heterocycles. The highest BCUT2D eigenvalue weighted by Crippen LogP contribution is 2.47. The Morgan fingerprint density at radius 2 is 1.92 bits per heavy atom. The second-order valence-corrected chi connectivity index (χ2v) is 4.57. The van der Waals surface area contributed by atoms with Crippen molar-refractivity contribution in [2.75, 3.05) is 0 Å². The van der Waals surface area contributed by atoms with E-state index in [-0.39, 0.29) is 5.78 Å². The van der Waals surface area contributed by atoms with Gasteiger partial charge in [-0.05, 0) is 30.8 Å². The van der Waals surface area contributed by atoms with E-state index < -0.39 is 0 Å². The minimum atomic E-state index is 0.227. The van der Waals surface area contributed by atoms with Gasteiger partial charge in [0.05, 0.1) is 0 Å². The van der Waals surface area contributed by atoms with Crippen LogP contribution >= 0.6 is 11.6 Å². The van der Waals surface area contributed by atoms with Gasteiger partial charge in [-0.3, -0.25) is 4.79 Å². The number of carbonyl (C=O) groups excluding carboxylic acids is 1. The molecule has 2 aliphatic carbocycles. The zero-order valence-corrected chi connectivity index (χ0v) is 8.46. The standard InChI is InChI=1S/C11H15ClO/c12-5-4-11(13)10-6-9(7-10)8-2-1-3-8/h4-5,8-10H,1-3,6-7H2. The van der Waals surface area contributed by atoms with Crippen molar-refractivity contribution in [3.8, 4) is 0 Å². The molecule has 0 saturated heterocycles. The van der Waals surface area contributed by atoms with Gasteiger partial charge < -0.3 is 0 Å². The van der Waals surface area contributed by atoms with E-state index in [1.165, 1.54) is 30.9 Å². The molecule has 0 radical (unpaired) electrons. The lowest BCUT2D eigenvalue weighted by Gasteiger charge is -2.43. The molecule has 2 aliphatic rings. The van der Waals surface area contributed by atoms with E-state index in [0.29, 0.717) is 5.92 Å². The smallest absolute Gasteiger partial charge is 0.159 e. The maximum Gasteiger partial charge on any atom is 0.159 e. The van der Waals surface area contributed by atoms with Crippen LogP contribution in [0, 0.1) is 17.8 Å². The number of allylic oxidation sites excluding steroid dienone is 1. The summed E-state index contributed by atoms with van der Waals surface area (Å²) >= 11 is 5.36. The predicted octanol–water partition coefficient (Wildman–Crippen LogP) is 3.13. The van der Waals surface area contributed by atoms with Crippen molar-refractivity contribution in [3.63, 3.8) is 0 Å². The number of rotatable bonds is 3. The molecule has 72 valence electrons. The first-order valence-corrected chi connectivity index (χ1v) is 5.55. The minimum Gasteiger partial charge on any atom is -0.295 e. The summed E-state index contributed by atoms with van der Waals surface area (Å²) in [7, 11) is 0. The molecule has 0 amide bonds. The van der Waals surface area contributed by atoms with Crippen LogP contribution < -0.4 is 0 Å². The van der Waals surface area contributed by atoms with E-state index in [0.717, 1.165) is 24.7 Å². The van der Waals surface area contributed by atoms with Crippen molar-refractivity contribution in [2.45, 2.75) is 32.1 Å². The lowest BCUT2D eigenvalue weighted by molar-refractivity contribution is -0.123. The van der Waals surface area contributed by atoms with Gasteiger partial charge in [-0.25, -0.2) is 0 Å². The molecule has 13 heavy (non-hydrogen) atoms. The Morgan fingerprint density at radius 3 is 2.38 bits per heavy atom. The predicted molar refractivity (Wildman–Crippen MR) is 53.6 cm³/mol. The third-order valence-electron chi connectivity index (χ3n) is 3.62. The molecule has 0 N–H and O–H groups in total. The molecule has 2 rings (SSSR count). The van der Waals surface area contributed by atoms with Gasteiger partial charge in [0, 0.05) is 11.5 Å². The maximum absolute atomic E-state index is 11.3. The molecule has 0 bridgehead atoms. The van der Waals surface area contributed by atoms with Crippen LogP contribution in [0.4, 0.5) is 0 Å². The van der Waals surface area contributed by atoms with Crippen molar-refractivity contribution in [1.29, 1.82) is 0 Å². The molecule has 0 aliphatic heterocycles. The van der Waals surface area contributed by atoms with Crippen molar-refractivity contribution in [1.82, 2.24) is 0 Å². The second-order valence-electron chi connectivity index (χ2n) is 4.31. The number of carbonyl (C=O) groups is 1. The lowest BCUT2D eigenvalue weighted by Crippen LogP contribution is -2.36. The molecule has 0 aromatic carbocycles. The Hall–Kier alpha value is -0.300. The van der Waals surface area contributed by atoms with E-state index >= 15 is 0 Å². The van der Waals surface area contributed by atoms with Crippen molar-refractivity contribution in [2.24, 2.45) is 17.8 Å². The number of halogens is 1. The summed E-state index contributed by atoms with van der Waals surface area (Å²) in [5.41, 5.74) is 1.33. The van der Waals surface area contributed by atoms with Gasteiger partial charge in [0.15, 0.2) is 5.78 Å². The summed E-state index contributed by atoms with van der Waals surface area (Å²) in [6, 6.07) is 0. The van der Waals surface area contributed by atoms with E-state index in [4.69, 9.17) is 11.6 Å². The van der Waals surface area contributed by atoms with Gasteiger partial charge in [0.25, 0.3) is 0 Å². The van der Waals surface area contributed by atoms with Crippen LogP contribution in [0.25, 0.3) is 0 Å². The Morgan fingerprint density at radius 1 is 1.23 bits per heavy atom. The van der Waals surface area contributed by atoms with Crippen molar-refractivity contribution >= 4 is 17.4 Å². The van der Waals surface area contributed by atoms with Crippen LogP contribution in [-0.4, -0.2) is 5.78 Å². The van der Waals surface area contributed by atoms with Crippen molar-refractivity contribution in [3.05, 3.63) is 11.6 Å². The highest BCUT2D eigenvalue weighted by atomic mass is 35.5. The Labute approximate surface area is 84.2 Å². The topological polar surface area (TPSA) is 17.1 Å². The largest absolute Gasteiger partial charge is 0.295 e. The summed E-state index contributed by atoms with van der Waals surface area (Å²) in [5, 5.41) is 0. The fourth-order valence-corrected chi connectivity index (χ4v) is 2.51. The van der Waals surface area contributed by atoms with Gasteiger partial charge in [-0.15, -0.1) is 0 Å². The van der Waals surface area contributed by atoms with Crippen LogP contribution in [0.3, 0.4) is 0 Å². The minimum absolute atomic E-state index is 0.227. The van der Waals surface area contributed by atoms with Gasteiger partial charge in [-0.2, -0.15) is 0 Å². The van der Waals surface area contributed by atoms with E-state index in [1.54, 1.807) is 0 Å². The molecular weight excluding hydrogens is 184 g/mol. The Balaban J connectivity index is 1.74. The molecule has 2 heteroatoms. The quantitative estimate of drug-likeness (QED) is 0.637. The average molecular weight is 199 g/mol.